The van der Waals surface area contributed by atoms with E-state index in [2.05, 4.69) is 10.1 Å². The Bertz CT molecular complexity index is 728. The highest BCUT2D eigenvalue weighted by Gasteiger charge is 2.23. The summed E-state index contributed by atoms with van der Waals surface area (Å²) in [5.41, 5.74) is 1.88. The van der Waals surface area contributed by atoms with E-state index in [9.17, 15) is 0 Å². The topological polar surface area (TPSA) is 61.3 Å². The molecule has 4 rings (SSSR count). The van der Waals surface area contributed by atoms with Crippen LogP contribution >= 0.6 is 0 Å². The highest BCUT2D eigenvalue weighted by Crippen LogP contribution is 2.28. The van der Waals surface area contributed by atoms with Crippen molar-refractivity contribution in [2.75, 3.05) is 13.2 Å². The van der Waals surface area contributed by atoms with Gasteiger partial charge >= 0.3 is 0 Å². The van der Waals surface area contributed by atoms with Gasteiger partial charge in [0.1, 0.15) is 5.76 Å². The molecule has 3 aromatic rings. The lowest BCUT2D eigenvalue weighted by Gasteiger charge is -1.99. The Morgan fingerprint density at radius 2 is 2.05 bits per heavy atom. The fourth-order valence-electron chi connectivity index (χ4n) is 2.50. The summed E-state index contributed by atoms with van der Waals surface area (Å²) in [6, 6.07) is 11.7. The third-order valence-corrected chi connectivity index (χ3v) is 3.65. The molecule has 0 aliphatic carbocycles. The summed E-state index contributed by atoms with van der Waals surface area (Å²) < 4.78 is 16.2. The van der Waals surface area contributed by atoms with Crippen LogP contribution in [0.2, 0.25) is 0 Å². The molecule has 2 aromatic heterocycles. The van der Waals surface area contributed by atoms with E-state index in [4.69, 9.17) is 13.7 Å². The van der Waals surface area contributed by atoms with E-state index in [1.165, 1.54) is 0 Å². The van der Waals surface area contributed by atoms with Gasteiger partial charge in [0.15, 0.2) is 5.82 Å². The van der Waals surface area contributed by atoms with Gasteiger partial charge in [-0.3, -0.25) is 0 Å². The second kappa shape index (κ2) is 5.18. The van der Waals surface area contributed by atoms with Gasteiger partial charge in [-0.2, -0.15) is 4.98 Å². The van der Waals surface area contributed by atoms with Crippen molar-refractivity contribution in [3.8, 4) is 22.8 Å². The van der Waals surface area contributed by atoms with E-state index >= 15 is 0 Å². The number of ether oxygens (including phenoxy) is 1. The molecule has 5 heteroatoms. The summed E-state index contributed by atoms with van der Waals surface area (Å²) >= 11 is 0. The second-order valence-corrected chi connectivity index (χ2v) is 5.08. The number of aromatic nitrogens is 2. The maximum atomic E-state index is 5.41. The molecule has 5 nitrogen and oxygen atoms in total. The Morgan fingerprint density at radius 1 is 1.10 bits per heavy atom. The molecule has 0 saturated carbocycles. The zero-order valence-corrected chi connectivity index (χ0v) is 11.4. The van der Waals surface area contributed by atoms with Crippen LogP contribution in [0.1, 0.15) is 18.2 Å². The number of hydrogen-bond acceptors (Lipinski definition) is 5. The van der Waals surface area contributed by atoms with Gasteiger partial charge < -0.3 is 13.7 Å². The fraction of sp³-hybridized carbons (Fsp3) is 0.250. The number of nitrogens with zero attached hydrogens (tertiary/aromatic N) is 2. The summed E-state index contributed by atoms with van der Waals surface area (Å²) in [5, 5.41) is 4.08. The highest BCUT2D eigenvalue weighted by atomic mass is 16.5. The molecule has 0 amide bonds. The Kier molecular flexibility index (Phi) is 3.05. The third-order valence-electron chi connectivity index (χ3n) is 3.65. The standard InChI is InChI=1S/C16H14N2O3/c1-3-11(14-5-2-7-20-14)9-12(4-1)16-17-15(18-21-16)13-6-8-19-10-13/h1-5,7,9,13H,6,8,10H2/t13-/m0/s1. The van der Waals surface area contributed by atoms with Gasteiger partial charge in [-0.15, -0.1) is 0 Å². The molecule has 0 bridgehead atoms. The zero-order valence-electron chi connectivity index (χ0n) is 11.4. The molecule has 1 fully saturated rings. The minimum Gasteiger partial charge on any atom is -0.464 e. The van der Waals surface area contributed by atoms with Crippen molar-refractivity contribution < 1.29 is 13.7 Å². The van der Waals surface area contributed by atoms with Crippen molar-refractivity contribution in [3.63, 3.8) is 0 Å². The Labute approximate surface area is 121 Å². The maximum absolute atomic E-state index is 5.41. The third kappa shape index (κ3) is 2.36. The summed E-state index contributed by atoms with van der Waals surface area (Å²) in [4.78, 5) is 4.50. The molecule has 0 spiro atoms. The summed E-state index contributed by atoms with van der Waals surface area (Å²) in [6.07, 6.45) is 2.61. The lowest BCUT2D eigenvalue weighted by molar-refractivity contribution is 0.192. The molecular formula is C16H14N2O3. The van der Waals surface area contributed by atoms with Crippen LogP contribution in [0.4, 0.5) is 0 Å². The molecular weight excluding hydrogens is 268 g/mol. The fourth-order valence-corrected chi connectivity index (χ4v) is 2.50. The monoisotopic (exact) mass is 282 g/mol. The van der Waals surface area contributed by atoms with Gasteiger partial charge in [-0.1, -0.05) is 17.3 Å². The Morgan fingerprint density at radius 3 is 2.86 bits per heavy atom. The second-order valence-electron chi connectivity index (χ2n) is 5.08. The number of hydrogen-bond donors (Lipinski definition) is 0. The first kappa shape index (κ1) is 12.3. The van der Waals surface area contributed by atoms with E-state index in [1.54, 1.807) is 6.26 Å². The van der Waals surface area contributed by atoms with E-state index < -0.39 is 0 Å². The Balaban J connectivity index is 1.65. The van der Waals surface area contributed by atoms with Crippen molar-refractivity contribution in [1.29, 1.82) is 0 Å². The van der Waals surface area contributed by atoms with Gasteiger partial charge in [-0.05, 0) is 30.7 Å². The largest absolute Gasteiger partial charge is 0.464 e. The smallest absolute Gasteiger partial charge is 0.257 e. The van der Waals surface area contributed by atoms with Crippen molar-refractivity contribution in [2.45, 2.75) is 12.3 Å². The molecule has 1 aliphatic rings. The van der Waals surface area contributed by atoms with Gasteiger partial charge in [-0.25, -0.2) is 0 Å². The quantitative estimate of drug-likeness (QED) is 0.735. The number of benzene rings is 1. The van der Waals surface area contributed by atoms with Crippen LogP contribution in [-0.4, -0.2) is 23.4 Å². The van der Waals surface area contributed by atoms with Crippen LogP contribution in [0.25, 0.3) is 22.8 Å². The normalized spacial score (nSPS) is 18.2. The van der Waals surface area contributed by atoms with Crippen molar-refractivity contribution in [2.24, 2.45) is 0 Å². The highest BCUT2D eigenvalue weighted by molar-refractivity contribution is 5.66. The summed E-state index contributed by atoms with van der Waals surface area (Å²) in [6.45, 7) is 1.44. The van der Waals surface area contributed by atoms with Crippen molar-refractivity contribution >= 4 is 0 Å². The predicted octanol–water partition coefficient (Wildman–Crippen LogP) is 3.50. The van der Waals surface area contributed by atoms with Crippen LogP contribution in [0.15, 0.2) is 51.6 Å². The van der Waals surface area contributed by atoms with Crippen LogP contribution in [0.5, 0.6) is 0 Å². The first-order valence-electron chi connectivity index (χ1n) is 6.96. The molecule has 1 aromatic carbocycles. The average Bonchev–Trinajstić information content (AvgIpc) is 3.26. The molecule has 0 unspecified atom stereocenters. The van der Waals surface area contributed by atoms with E-state index in [-0.39, 0.29) is 5.92 Å². The number of rotatable bonds is 3. The molecule has 1 atom stereocenters. The van der Waals surface area contributed by atoms with Crippen LogP contribution in [0.3, 0.4) is 0 Å². The minimum absolute atomic E-state index is 0.246. The first-order valence-corrected chi connectivity index (χ1v) is 6.96. The molecule has 1 saturated heterocycles. The van der Waals surface area contributed by atoms with Crippen molar-refractivity contribution in [3.05, 3.63) is 48.5 Å². The maximum Gasteiger partial charge on any atom is 0.257 e. The van der Waals surface area contributed by atoms with Crippen LogP contribution in [0, 0.1) is 0 Å². The molecule has 3 heterocycles. The van der Waals surface area contributed by atoms with Gasteiger partial charge in [0.2, 0.25) is 0 Å². The van der Waals surface area contributed by atoms with Crippen LogP contribution < -0.4 is 0 Å². The lowest BCUT2D eigenvalue weighted by atomic mass is 10.1. The number of furan rings is 1. The first-order chi connectivity index (χ1) is 10.4. The SMILES string of the molecule is c1cc(-c2ccco2)cc(-c2nc([C@H]3CCOC3)no2)c1. The van der Waals surface area contributed by atoms with Gasteiger partial charge in [0.25, 0.3) is 5.89 Å². The van der Waals surface area contributed by atoms with Gasteiger partial charge in [0.05, 0.1) is 12.9 Å². The van der Waals surface area contributed by atoms with Crippen molar-refractivity contribution in [1.82, 2.24) is 10.1 Å². The molecule has 1 aliphatic heterocycles. The molecule has 0 N–H and O–H groups in total. The molecule has 21 heavy (non-hydrogen) atoms. The van der Waals surface area contributed by atoms with E-state index in [0.29, 0.717) is 12.5 Å². The lowest BCUT2D eigenvalue weighted by Crippen LogP contribution is -1.99. The van der Waals surface area contributed by atoms with Gasteiger partial charge in [0, 0.05) is 23.7 Å². The van der Waals surface area contributed by atoms with E-state index in [1.807, 2.05) is 36.4 Å². The summed E-state index contributed by atoms with van der Waals surface area (Å²) in [7, 11) is 0. The predicted molar refractivity (Wildman–Crippen MR) is 75.6 cm³/mol. The zero-order chi connectivity index (χ0) is 14.1. The molecule has 0 radical (unpaired) electrons. The minimum atomic E-state index is 0.246. The molecule has 106 valence electrons. The van der Waals surface area contributed by atoms with E-state index in [0.717, 1.165) is 35.7 Å². The summed E-state index contributed by atoms with van der Waals surface area (Å²) in [5.74, 6) is 2.33. The van der Waals surface area contributed by atoms with Crippen LogP contribution in [-0.2, 0) is 4.74 Å². The average molecular weight is 282 g/mol. The Hall–Kier alpha value is -2.40.